The quantitative estimate of drug-likeness (QED) is 0.884. The van der Waals surface area contributed by atoms with E-state index < -0.39 is 11.4 Å². The average molecular weight is 264 g/mol. The number of fused-ring (bicyclic) bond motifs is 1. The van der Waals surface area contributed by atoms with E-state index in [-0.39, 0.29) is 0 Å². The van der Waals surface area contributed by atoms with Crippen molar-refractivity contribution >= 4 is 17.7 Å². The molecule has 0 amide bonds. The van der Waals surface area contributed by atoms with Crippen LogP contribution in [0, 0.1) is 0 Å². The summed E-state index contributed by atoms with van der Waals surface area (Å²) < 4.78 is 0. The van der Waals surface area contributed by atoms with Gasteiger partial charge in [0.2, 0.25) is 0 Å². The Balaban J connectivity index is 2.22. The van der Waals surface area contributed by atoms with Gasteiger partial charge in [-0.1, -0.05) is 38.1 Å². The lowest BCUT2D eigenvalue weighted by Crippen LogP contribution is -2.34. The molecule has 1 atom stereocenters. The lowest BCUT2D eigenvalue weighted by Gasteiger charge is -2.25. The van der Waals surface area contributed by atoms with E-state index >= 15 is 0 Å². The van der Waals surface area contributed by atoms with Gasteiger partial charge >= 0.3 is 5.97 Å². The van der Waals surface area contributed by atoms with Crippen LogP contribution in [0.5, 0.6) is 0 Å². The molecule has 2 nitrogen and oxygen atoms in total. The Kier molecular flexibility index (Phi) is 4.00. The number of carboxylic acids is 1. The maximum Gasteiger partial charge on any atom is 0.314 e. The lowest BCUT2D eigenvalue weighted by molar-refractivity contribution is -0.144. The van der Waals surface area contributed by atoms with E-state index in [1.165, 1.54) is 5.56 Å². The molecule has 0 radical (unpaired) electrons. The van der Waals surface area contributed by atoms with Crippen molar-refractivity contribution in [1.29, 1.82) is 0 Å². The molecule has 98 valence electrons. The molecule has 18 heavy (non-hydrogen) atoms. The highest BCUT2D eigenvalue weighted by Crippen LogP contribution is 2.42. The number of hydrogen-bond acceptors (Lipinski definition) is 2. The van der Waals surface area contributed by atoms with E-state index in [1.54, 1.807) is 0 Å². The zero-order chi connectivity index (χ0) is 13.2. The number of aryl methyl sites for hydroxylation is 1. The zero-order valence-corrected chi connectivity index (χ0v) is 11.8. The normalized spacial score (nSPS) is 22.2. The highest BCUT2D eigenvalue weighted by molar-refractivity contribution is 7.99. The highest BCUT2D eigenvalue weighted by Gasteiger charge is 2.44. The molecule has 2 rings (SSSR count). The summed E-state index contributed by atoms with van der Waals surface area (Å²) in [6.07, 6.45) is 2.39. The molecule has 0 heterocycles. The third kappa shape index (κ3) is 2.41. The predicted molar refractivity (Wildman–Crippen MR) is 76.3 cm³/mol. The first-order valence-corrected chi connectivity index (χ1v) is 7.54. The molecule has 0 fully saturated rings. The molecule has 3 heteroatoms. The standard InChI is InChI=1S/C15H20O2S/c1-11(2)18-10-9-15(14(16)17)8-7-12-5-3-4-6-13(12)15/h3-6,11H,7-10H2,1-2H3,(H,16,17). The first-order valence-electron chi connectivity index (χ1n) is 6.49. The minimum absolute atomic E-state index is 0.562. The fourth-order valence-corrected chi connectivity index (χ4v) is 3.68. The smallest absolute Gasteiger partial charge is 0.314 e. The summed E-state index contributed by atoms with van der Waals surface area (Å²) in [5.41, 5.74) is 1.62. The molecule has 1 N–H and O–H groups in total. The van der Waals surface area contributed by atoms with Crippen LogP contribution in [0.3, 0.4) is 0 Å². The van der Waals surface area contributed by atoms with E-state index in [4.69, 9.17) is 0 Å². The first-order chi connectivity index (χ1) is 8.56. The van der Waals surface area contributed by atoms with E-state index in [0.717, 1.165) is 30.6 Å². The third-order valence-electron chi connectivity index (χ3n) is 3.74. The Bertz CT molecular complexity index is 442. The number of aliphatic carboxylic acids is 1. The number of benzene rings is 1. The Labute approximate surface area is 113 Å². The van der Waals surface area contributed by atoms with E-state index in [0.29, 0.717) is 5.25 Å². The van der Waals surface area contributed by atoms with E-state index in [1.807, 2.05) is 30.0 Å². The molecule has 1 aliphatic rings. The minimum atomic E-state index is -0.656. The fourth-order valence-electron chi connectivity index (χ4n) is 2.75. The second-order valence-electron chi connectivity index (χ2n) is 5.21. The second kappa shape index (κ2) is 5.35. The number of carboxylic acid groups (broad SMARTS) is 1. The van der Waals surface area contributed by atoms with E-state index in [2.05, 4.69) is 19.9 Å². The van der Waals surface area contributed by atoms with Crippen LogP contribution in [0.4, 0.5) is 0 Å². The summed E-state index contributed by atoms with van der Waals surface area (Å²) in [6, 6.07) is 8.02. The number of carbonyl (C=O) groups is 1. The van der Waals surface area contributed by atoms with Crippen molar-refractivity contribution in [2.24, 2.45) is 0 Å². The Hall–Kier alpha value is -0.960. The van der Waals surface area contributed by atoms with Gasteiger partial charge in [-0.3, -0.25) is 4.79 Å². The number of hydrogen-bond donors (Lipinski definition) is 1. The molecule has 1 aromatic rings. The summed E-state index contributed by atoms with van der Waals surface area (Å²) in [6.45, 7) is 4.31. The highest BCUT2D eigenvalue weighted by atomic mass is 32.2. The van der Waals surface area contributed by atoms with Gasteiger partial charge in [-0.2, -0.15) is 11.8 Å². The van der Waals surface area contributed by atoms with Gasteiger partial charge in [0, 0.05) is 0 Å². The van der Waals surface area contributed by atoms with Gasteiger partial charge in [0.05, 0.1) is 5.41 Å². The van der Waals surface area contributed by atoms with Crippen molar-refractivity contribution in [3.63, 3.8) is 0 Å². The molecule has 0 aliphatic heterocycles. The van der Waals surface area contributed by atoms with Gasteiger partial charge in [0.1, 0.15) is 0 Å². The summed E-state index contributed by atoms with van der Waals surface area (Å²) in [5, 5.41) is 10.2. The largest absolute Gasteiger partial charge is 0.481 e. The van der Waals surface area contributed by atoms with Crippen LogP contribution >= 0.6 is 11.8 Å². The molecule has 0 aromatic heterocycles. The fraction of sp³-hybridized carbons (Fsp3) is 0.533. The molecule has 0 bridgehead atoms. The van der Waals surface area contributed by atoms with E-state index in [9.17, 15) is 9.90 Å². The Morgan fingerprint density at radius 2 is 2.17 bits per heavy atom. The average Bonchev–Trinajstić information content (AvgIpc) is 2.69. The van der Waals surface area contributed by atoms with Crippen LogP contribution in [-0.4, -0.2) is 22.1 Å². The van der Waals surface area contributed by atoms with Crippen molar-refractivity contribution in [1.82, 2.24) is 0 Å². The first kappa shape index (κ1) is 13.5. The molecule has 1 aliphatic carbocycles. The van der Waals surface area contributed by atoms with Crippen LogP contribution in [0.2, 0.25) is 0 Å². The van der Waals surface area contributed by atoms with Gasteiger partial charge in [0.15, 0.2) is 0 Å². The molecule has 1 aromatic carbocycles. The summed E-state index contributed by atoms with van der Waals surface area (Å²) in [7, 11) is 0. The van der Waals surface area contributed by atoms with Crippen LogP contribution in [0.25, 0.3) is 0 Å². The number of thioether (sulfide) groups is 1. The molecule has 0 saturated heterocycles. The molecular weight excluding hydrogens is 244 g/mol. The second-order valence-corrected chi connectivity index (χ2v) is 6.90. The zero-order valence-electron chi connectivity index (χ0n) is 11.0. The summed E-state index contributed by atoms with van der Waals surface area (Å²) in [5.74, 6) is 0.259. The maximum absolute atomic E-state index is 11.8. The molecule has 0 saturated carbocycles. The SMILES string of the molecule is CC(C)SCCC1(C(=O)O)CCc2ccccc21. The topological polar surface area (TPSA) is 37.3 Å². The van der Waals surface area contributed by atoms with Crippen molar-refractivity contribution in [3.8, 4) is 0 Å². The van der Waals surface area contributed by atoms with Crippen molar-refractivity contribution < 1.29 is 9.90 Å². The molecular formula is C15H20O2S. The maximum atomic E-state index is 11.8. The van der Waals surface area contributed by atoms with Crippen molar-refractivity contribution in [3.05, 3.63) is 35.4 Å². The van der Waals surface area contributed by atoms with Crippen LogP contribution in [0.1, 0.15) is 37.8 Å². The molecule has 0 spiro atoms. The van der Waals surface area contributed by atoms with Gasteiger partial charge in [-0.25, -0.2) is 0 Å². The van der Waals surface area contributed by atoms with Gasteiger partial charge in [-0.15, -0.1) is 0 Å². The van der Waals surface area contributed by atoms with Crippen molar-refractivity contribution in [2.45, 2.75) is 43.8 Å². The van der Waals surface area contributed by atoms with Gasteiger partial charge < -0.3 is 5.11 Å². The predicted octanol–water partition coefficient (Wildman–Crippen LogP) is 3.49. The van der Waals surface area contributed by atoms with Crippen LogP contribution < -0.4 is 0 Å². The van der Waals surface area contributed by atoms with Crippen LogP contribution in [-0.2, 0) is 16.6 Å². The lowest BCUT2D eigenvalue weighted by atomic mass is 9.79. The van der Waals surface area contributed by atoms with Gasteiger partial charge in [-0.05, 0) is 41.4 Å². The monoisotopic (exact) mass is 264 g/mol. The molecule has 1 unspecified atom stereocenters. The van der Waals surface area contributed by atoms with Gasteiger partial charge in [0.25, 0.3) is 0 Å². The summed E-state index contributed by atoms with van der Waals surface area (Å²) >= 11 is 1.85. The van der Waals surface area contributed by atoms with Crippen LogP contribution in [0.15, 0.2) is 24.3 Å². The summed E-state index contributed by atoms with van der Waals surface area (Å²) in [4.78, 5) is 11.8. The third-order valence-corrected chi connectivity index (χ3v) is 4.85. The Morgan fingerprint density at radius 3 is 2.83 bits per heavy atom. The number of rotatable bonds is 5. The Morgan fingerprint density at radius 1 is 1.44 bits per heavy atom. The van der Waals surface area contributed by atoms with Crippen molar-refractivity contribution in [2.75, 3.05) is 5.75 Å². The minimum Gasteiger partial charge on any atom is -0.481 e.